The highest BCUT2D eigenvalue weighted by molar-refractivity contribution is 6.29. The van der Waals surface area contributed by atoms with E-state index in [2.05, 4.69) is 4.98 Å². The normalized spacial score (nSPS) is 11.0. The monoisotopic (exact) mass is 232 g/mol. The maximum Gasteiger partial charge on any atom is 0.418 e. The number of aldehydes is 1. The molecule has 1 amide bonds. The quantitative estimate of drug-likeness (QED) is 0.621. The van der Waals surface area contributed by atoms with Gasteiger partial charge in [0.1, 0.15) is 0 Å². The lowest BCUT2D eigenvalue weighted by molar-refractivity contribution is -0.138. The third-order valence-corrected chi connectivity index (χ3v) is 1.77. The zero-order chi connectivity index (χ0) is 12.3. The highest BCUT2D eigenvalue weighted by atomic mass is 19.4. The van der Waals surface area contributed by atoms with E-state index >= 15 is 0 Å². The van der Waals surface area contributed by atoms with Gasteiger partial charge in [0.2, 0.25) is 6.29 Å². The van der Waals surface area contributed by atoms with Gasteiger partial charge in [-0.1, -0.05) is 0 Å². The summed E-state index contributed by atoms with van der Waals surface area (Å²) in [5.74, 6) is -1.03. The van der Waals surface area contributed by atoms with Gasteiger partial charge in [-0.2, -0.15) is 13.2 Å². The molecule has 16 heavy (non-hydrogen) atoms. The van der Waals surface area contributed by atoms with Crippen molar-refractivity contribution in [2.24, 2.45) is 0 Å². The van der Waals surface area contributed by atoms with Gasteiger partial charge in [-0.3, -0.25) is 14.6 Å². The topological polar surface area (TPSA) is 59.1 Å². The number of hydrogen-bond acceptors (Lipinski definition) is 3. The smallest absolute Gasteiger partial charge is 0.318 e. The van der Waals surface area contributed by atoms with E-state index in [9.17, 15) is 22.8 Å². The van der Waals surface area contributed by atoms with E-state index in [0.29, 0.717) is 0 Å². The number of hydrogen-bond donors (Lipinski definition) is 1. The number of anilines is 1. The van der Waals surface area contributed by atoms with Crippen LogP contribution < -0.4 is 5.32 Å². The number of carbonyl (C=O) groups excluding carboxylic acids is 2. The molecule has 0 aromatic carbocycles. The van der Waals surface area contributed by atoms with Crippen LogP contribution in [0.25, 0.3) is 0 Å². The van der Waals surface area contributed by atoms with Gasteiger partial charge < -0.3 is 5.32 Å². The van der Waals surface area contributed by atoms with Crippen LogP contribution in [-0.4, -0.2) is 17.2 Å². The second-order valence-corrected chi connectivity index (χ2v) is 2.96. The van der Waals surface area contributed by atoms with Crippen LogP contribution in [-0.2, 0) is 15.8 Å². The Hall–Kier alpha value is -1.92. The molecule has 4 nitrogen and oxygen atoms in total. The number of rotatable bonds is 2. The van der Waals surface area contributed by atoms with Crippen LogP contribution in [0.15, 0.2) is 12.3 Å². The van der Waals surface area contributed by atoms with E-state index in [1.165, 1.54) is 6.92 Å². The van der Waals surface area contributed by atoms with Crippen LogP contribution in [0.2, 0.25) is 0 Å². The van der Waals surface area contributed by atoms with Gasteiger partial charge in [-0.05, 0) is 13.0 Å². The van der Waals surface area contributed by atoms with E-state index in [1.807, 2.05) is 5.32 Å². The molecule has 0 fully saturated rings. The van der Waals surface area contributed by atoms with E-state index in [0.717, 1.165) is 12.3 Å². The molecular formula is C9H7F3N2O2. The number of pyridine rings is 1. The molecule has 0 unspecified atom stereocenters. The van der Waals surface area contributed by atoms with Crippen molar-refractivity contribution in [3.05, 3.63) is 23.5 Å². The Bertz CT molecular complexity index is 429. The molecule has 7 heteroatoms. The largest absolute Gasteiger partial charge is 0.418 e. The summed E-state index contributed by atoms with van der Waals surface area (Å²) < 4.78 is 37.3. The Morgan fingerprint density at radius 1 is 1.50 bits per heavy atom. The van der Waals surface area contributed by atoms with E-state index in [1.54, 1.807) is 0 Å². The molecule has 0 spiro atoms. The van der Waals surface area contributed by atoms with Crippen molar-refractivity contribution in [1.29, 1.82) is 0 Å². The van der Waals surface area contributed by atoms with Crippen LogP contribution in [0.3, 0.4) is 0 Å². The lowest BCUT2D eigenvalue weighted by Gasteiger charge is -2.10. The predicted octanol–water partition coefficient (Wildman–Crippen LogP) is 1.55. The maximum atomic E-state index is 12.4. The Balaban J connectivity index is 3.08. The van der Waals surface area contributed by atoms with Gasteiger partial charge in [0.05, 0.1) is 17.4 Å². The number of nitrogens with zero attached hydrogens (tertiary/aromatic N) is 1. The Kier molecular flexibility index (Phi) is 3.26. The van der Waals surface area contributed by atoms with Gasteiger partial charge >= 0.3 is 6.18 Å². The van der Waals surface area contributed by atoms with E-state index in [4.69, 9.17) is 0 Å². The molecule has 1 aromatic rings. The minimum atomic E-state index is -4.54. The number of alkyl halides is 3. The van der Waals surface area contributed by atoms with Gasteiger partial charge in [-0.15, -0.1) is 0 Å². The molecule has 0 saturated heterocycles. The van der Waals surface area contributed by atoms with Crippen molar-refractivity contribution in [3.8, 4) is 0 Å². The molecular weight excluding hydrogens is 225 g/mol. The van der Waals surface area contributed by atoms with Crippen molar-refractivity contribution in [1.82, 2.24) is 4.98 Å². The Labute approximate surface area is 88.5 Å². The van der Waals surface area contributed by atoms with Gasteiger partial charge in [0, 0.05) is 5.69 Å². The molecule has 0 radical (unpaired) electrons. The lowest BCUT2D eigenvalue weighted by Crippen LogP contribution is -2.15. The first-order valence-electron chi connectivity index (χ1n) is 4.14. The Morgan fingerprint density at radius 2 is 2.12 bits per heavy atom. The zero-order valence-electron chi connectivity index (χ0n) is 8.13. The number of aryl methyl sites for hydroxylation is 1. The lowest BCUT2D eigenvalue weighted by atomic mass is 10.2. The SMILES string of the molecule is Cc1ncc(NC(=O)C=O)cc1C(F)(F)F. The highest BCUT2D eigenvalue weighted by Gasteiger charge is 2.33. The average molecular weight is 232 g/mol. The molecule has 0 aliphatic rings. The summed E-state index contributed by atoms with van der Waals surface area (Å²) in [5, 5.41) is 1.96. The number of nitrogens with one attached hydrogen (secondary N) is 1. The first kappa shape index (κ1) is 12.2. The average Bonchev–Trinajstić information content (AvgIpc) is 2.19. The minimum absolute atomic E-state index is 0.0346. The van der Waals surface area contributed by atoms with Gasteiger partial charge in [0.15, 0.2) is 0 Å². The van der Waals surface area contributed by atoms with Crippen LogP contribution in [0.1, 0.15) is 11.3 Å². The maximum absolute atomic E-state index is 12.4. The van der Waals surface area contributed by atoms with Crippen LogP contribution in [0.5, 0.6) is 0 Å². The molecule has 0 saturated carbocycles. The van der Waals surface area contributed by atoms with Gasteiger partial charge in [0.25, 0.3) is 5.91 Å². The van der Waals surface area contributed by atoms with Crippen molar-refractivity contribution in [3.63, 3.8) is 0 Å². The second kappa shape index (κ2) is 4.30. The van der Waals surface area contributed by atoms with E-state index < -0.39 is 17.6 Å². The van der Waals surface area contributed by atoms with E-state index in [-0.39, 0.29) is 17.7 Å². The minimum Gasteiger partial charge on any atom is -0.318 e. The second-order valence-electron chi connectivity index (χ2n) is 2.96. The first-order valence-corrected chi connectivity index (χ1v) is 4.14. The van der Waals surface area contributed by atoms with Crippen LogP contribution in [0, 0.1) is 6.92 Å². The zero-order valence-corrected chi connectivity index (χ0v) is 8.13. The molecule has 86 valence electrons. The molecule has 0 aliphatic carbocycles. The molecule has 1 rings (SSSR count). The number of amides is 1. The number of carbonyl (C=O) groups is 2. The summed E-state index contributed by atoms with van der Waals surface area (Å²) in [7, 11) is 0. The Morgan fingerprint density at radius 3 is 2.62 bits per heavy atom. The molecule has 1 N–H and O–H groups in total. The van der Waals surface area contributed by atoms with Crippen LogP contribution in [0.4, 0.5) is 18.9 Å². The van der Waals surface area contributed by atoms with Crippen molar-refractivity contribution in [2.75, 3.05) is 5.32 Å². The molecule has 1 aromatic heterocycles. The summed E-state index contributed by atoms with van der Waals surface area (Å²) in [6.07, 6.45) is -3.53. The molecule has 0 bridgehead atoms. The van der Waals surface area contributed by atoms with Crippen molar-refractivity contribution >= 4 is 17.9 Å². The first-order chi connectivity index (χ1) is 7.34. The molecule has 1 heterocycles. The molecule has 0 aliphatic heterocycles. The summed E-state index contributed by atoms with van der Waals surface area (Å²) in [4.78, 5) is 24.1. The standard InChI is InChI=1S/C9H7F3N2O2/c1-5-7(9(10,11)12)2-6(3-13-5)14-8(16)4-15/h2-4H,1H3,(H,14,16). The van der Waals surface area contributed by atoms with Crippen LogP contribution >= 0.6 is 0 Å². The predicted molar refractivity (Wildman–Crippen MR) is 48.7 cm³/mol. The fraction of sp³-hybridized carbons (Fsp3) is 0.222. The summed E-state index contributed by atoms with van der Waals surface area (Å²) >= 11 is 0. The fourth-order valence-corrected chi connectivity index (χ4v) is 1.06. The summed E-state index contributed by atoms with van der Waals surface area (Å²) in [6.45, 7) is 1.20. The third kappa shape index (κ3) is 2.78. The number of aromatic nitrogens is 1. The van der Waals surface area contributed by atoms with Crippen molar-refractivity contribution in [2.45, 2.75) is 13.1 Å². The third-order valence-electron chi connectivity index (χ3n) is 1.77. The molecule has 0 atom stereocenters. The van der Waals surface area contributed by atoms with Crippen molar-refractivity contribution < 1.29 is 22.8 Å². The summed E-state index contributed by atoms with van der Waals surface area (Å²) in [5.41, 5.74) is -1.32. The van der Waals surface area contributed by atoms with Gasteiger partial charge in [-0.25, -0.2) is 0 Å². The number of halogens is 3. The fourth-order valence-electron chi connectivity index (χ4n) is 1.06. The summed E-state index contributed by atoms with van der Waals surface area (Å²) in [6, 6.07) is 0.726. The highest BCUT2D eigenvalue weighted by Crippen LogP contribution is 2.32.